The monoisotopic (exact) mass is 299 g/mol. The molecule has 0 spiro atoms. The van der Waals surface area contributed by atoms with E-state index in [9.17, 15) is 9.90 Å². The third-order valence-electron chi connectivity index (χ3n) is 4.06. The number of amides is 1. The SMILES string of the molecule is O=C(CN1CCC[C@H](O)C1)NCc1ccnc2ccccc12. The lowest BCUT2D eigenvalue weighted by Gasteiger charge is -2.29. The lowest BCUT2D eigenvalue weighted by atomic mass is 10.1. The Hall–Kier alpha value is -1.98. The number of likely N-dealkylation sites (tertiary alicyclic amines) is 1. The lowest BCUT2D eigenvalue weighted by Crippen LogP contribution is -2.44. The van der Waals surface area contributed by atoms with Crippen molar-refractivity contribution >= 4 is 16.8 Å². The van der Waals surface area contributed by atoms with E-state index in [2.05, 4.69) is 10.3 Å². The van der Waals surface area contributed by atoms with Gasteiger partial charge >= 0.3 is 0 Å². The zero-order valence-electron chi connectivity index (χ0n) is 12.5. The maximum atomic E-state index is 12.1. The zero-order chi connectivity index (χ0) is 15.4. The summed E-state index contributed by atoms with van der Waals surface area (Å²) in [6.45, 7) is 2.31. The number of carbonyl (C=O) groups is 1. The van der Waals surface area contributed by atoms with Crippen molar-refractivity contribution in [1.82, 2.24) is 15.2 Å². The third-order valence-corrected chi connectivity index (χ3v) is 4.06. The molecule has 1 amide bonds. The molecule has 2 heterocycles. The molecule has 2 aromatic rings. The molecule has 1 aliphatic rings. The third kappa shape index (κ3) is 3.61. The van der Waals surface area contributed by atoms with E-state index < -0.39 is 0 Å². The molecule has 1 aromatic carbocycles. The Balaban J connectivity index is 1.58. The van der Waals surface area contributed by atoms with E-state index in [0.29, 0.717) is 19.6 Å². The summed E-state index contributed by atoms with van der Waals surface area (Å²) in [5.74, 6) is -0.00464. The highest BCUT2D eigenvalue weighted by Crippen LogP contribution is 2.15. The first kappa shape index (κ1) is 14.9. The number of nitrogens with one attached hydrogen (secondary N) is 1. The molecule has 1 saturated heterocycles. The highest BCUT2D eigenvalue weighted by Gasteiger charge is 2.19. The van der Waals surface area contributed by atoms with Crippen LogP contribution in [-0.4, -0.2) is 46.6 Å². The number of aromatic nitrogens is 1. The number of para-hydroxylation sites is 1. The van der Waals surface area contributed by atoms with Gasteiger partial charge in [0.1, 0.15) is 0 Å². The van der Waals surface area contributed by atoms with Gasteiger partial charge in [-0.05, 0) is 37.1 Å². The van der Waals surface area contributed by atoms with Crippen molar-refractivity contribution in [3.05, 3.63) is 42.1 Å². The van der Waals surface area contributed by atoms with E-state index in [1.807, 2.05) is 35.2 Å². The Kier molecular flexibility index (Phi) is 4.65. The molecule has 2 N–H and O–H groups in total. The van der Waals surface area contributed by atoms with Crippen molar-refractivity contribution in [1.29, 1.82) is 0 Å². The number of hydrogen-bond donors (Lipinski definition) is 2. The van der Waals surface area contributed by atoms with Crippen LogP contribution in [0.1, 0.15) is 18.4 Å². The Morgan fingerprint density at radius 3 is 3.09 bits per heavy atom. The van der Waals surface area contributed by atoms with Gasteiger partial charge in [-0.1, -0.05) is 18.2 Å². The number of pyridine rings is 1. The molecule has 22 heavy (non-hydrogen) atoms. The van der Waals surface area contributed by atoms with E-state index in [-0.39, 0.29) is 12.0 Å². The van der Waals surface area contributed by atoms with Gasteiger partial charge in [-0.15, -0.1) is 0 Å². The van der Waals surface area contributed by atoms with Gasteiger partial charge in [0.2, 0.25) is 5.91 Å². The Morgan fingerprint density at radius 2 is 2.23 bits per heavy atom. The summed E-state index contributed by atoms with van der Waals surface area (Å²) in [6.07, 6.45) is 3.25. The summed E-state index contributed by atoms with van der Waals surface area (Å²) < 4.78 is 0. The Bertz CT molecular complexity index is 654. The highest BCUT2D eigenvalue weighted by atomic mass is 16.3. The maximum Gasteiger partial charge on any atom is 0.234 e. The largest absolute Gasteiger partial charge is 0.392 e. The van der Waals surface area contributed by atoms with Gasteiger partial charge in [-0.25, -0.2) is 0 Å². The standard InChI is InChI=1S/C17H21N3O2/c21-14-4-3-9-20(11-14)12-17(22)19-10-13-7-8-18-16-6-2-1-5-15(13)16/h1-2,5-8,14,21H,3-4,9-12H2,(H,19,22)/t14-/m0/s1. The second-order valence-electron chi connectivity index (χ2n) is 5.80. The van der Waals surface area contributed by atoms with Gasteiger partial charge in [-0.2, -0.15) is 0 Å². The van der Waals surface area contributed by atoms with Crippen LogP contribution in [-0.2, 0) is 11.3 Å². The maximum absolute atomic E-state index is 12.1. The van der Waals surface area contributed by atoms with Crippen molar-refractivity contribution in [2.24, 2.45) is 0 Å². The molecule has 1 aromatic heterocycles. The molecule has 5 heteroatoms. The van der Waals surface area contributed by atoms with Gasteiger partial charge in [0.15, 0.2) is 0 Å². The van der Waals surface area contributed by atoms with Crippen LogP contribution in [0.25, 0.3) is 10.9 Å². The van der Waals surface area contributed by atoms with Gasteiger partial charge in [0, 0.05) is 24.7 Å². The molecule has 0 bridgehead atoms. The fourth-order valence-electron chi connectivity index (χ4n) is 2.94. The van der Waals surface area contributed by atoms with E-state index in [1.165, 1.54) is 0 Å². The van der Waals surface area contributed by atoms with Crippen LogP contribution in [0.2, 0.25) is 0 Å². The number of nitrogens with zero attached hydrogens (tertiary/aromatic N) is 2. The zero-order valence-corrected chi connectivity index (χ0v) is 12.5. The molecule has 5 nitrogen and oxygen atoms in total. The lowest BCUT2D eigenvalue weighted by molar-refractivity contribution is -0.123. The van der Waals surface area contributed by atoms with E-state index >= 15 is 0 Å². The van der Waals surface area contributed by atoms with Gasteiger partial charge in [-0.3, -0.25) is 14.7 Å². The van der Waals surface area contributed by atoms with Crippen LogP contribution in [0, 0.1) is 0 Å². The number of β-amino-alcohol motifs (C(OH)–C–C–N with tert-alkyl or cyclic N) is 1. The number of hydrogen-bond acceptors (Lipinski definition) is 4. The number of aliphatic hydroxyl groups is 1. The normalized spacial score (nSPS) is 19.2. The molecular weight excluding hydrogens is 278 g/mol. The molecule has 0 aliphatic carbocycles. The minimum Gasteiger partial charge on any atom is -0.392 e. The minimum atomic E-state index is -0.300. The second kappa shape index (κ2) is 6.85. The van der Waals surface area contributed by atoms with Crippen molar-refractivity contribution in [2.45, 2.75) is 25.5 Å². The summed E-state index contributed by atoms with van der Waals surface area (Å²) in [5.41, 5.74) is 2.01. The quantitative estimate of drug-likeness (QED) is 0.893. The van der Waals surface area contributed by atoms with Gasteiger partial charge < -0.3 is 10.4 Å². The molecule has 1 aliphatic heterocycles. The van der Waals surface area contributed by atoms with Crippen LogP contribution in [0.4, 0.5) is 0 Å². The van der Waals surface area contributed by atoms with Gasteiger partial charge in [0.25, 0.3) is 0 Å². The van der Waals surface area contributed by atoms with Gasteiger partial charge in [0.05, 0.1) is 18.2 Å². The summed E-state index contributed by atoms with van der Waals surface area (Å²) in [5, 5.41) is 13.7. The van der Waals surface area contributed by atoms with Crippen LogP contribution in [0.5, 0.6) is 0 Å². The molecule has 3 rings (SSSR count). The first-order valence-corrected chi connectivity index (χ1v) is 7.72. The Morgan fingerprint density at radius 1 is 1.36 bits per heavy atom. The number of fused-ring (bicyclic) bond motifs is 1. The van der Waals surface area contributed by atoms with E-state index in [4.69, 9.17) is 0 Å². The summed E-state index contributed by atoms with van der Waals surface area (Å²) in [6, 6.07) is 9.86. The number of piperidine rings is 1. The predicted octanol–water partition coefficient (Wildman–Crippen LogP) is 1.31. The van der Waals surface area contributed by atoms with Crippen molar-refractivity contribution in [3.63, 3.8) is 0 Å². The molecule has 0 radical (unpaired) electrons. The molecular formula is C17H21N3O2. The predicted molar refractivity (Wildman–Crippen MR) is 85.3 cm³/mol. The van der Waals surface area contributed by atoms with E-state index in [1.54, 1.807) is 6.20 Å². The summed E-state index contributed by atoms with van der Waals surface area (Å²) >= 11 is 0. The van der Waals surface area contributed by atoms with Crippen molar-refractivity contribution in [2.75, 3.05) is 19.6 Å². The first-order chi connectivity index (χ1) is 10.7. The number of rotatable bonds is 4. The number of aliphatic hydroxyl groups excluding tert-OH is 1. The fraction of sp³-hybridized carbons (Fsp3) is 0.412. The average Bonchev–Trinajstić information content (AvgIpc) is 2.53. The number of carbonyl (C=O) groups excluding carboxylic acids is 1. The molecule has 0 saturated carbocycles. The number of benzene rings is 1. The molecule has 0 unspecified atom stereocenters. The van der Waals surface area contributed by atoms with Crippen LogP contribution in [0.3, 0.4) is 0 Å². The van der Waals surface area contributed by atoms with Crippen LogP contribution < -0.4 is 5.32 Å². The van der Waals surface area contributed by atoms with Crippen molar-refractivity contribution < 1.29 is 9.90 Å². The fourth-order valence-corrected chi connectivity index (χ4v) is 2.94. The Labute approximate surface area is 130 Å². The second-order valence-corrected chi connectivity index (χ2v) is 5.80. The molecule has 1 fully saturated rings. The van der Waals surface area contributed by atoms with Crippen molar-refractivity contribution in [3.8, 4) is 0 Å². The smallest absolute Gasteiger partial charge is 0.234 e. The van der Waals surface area contributed by atoms with Crippen LogP contribution in [0.15, 0.2) is 36.5 Å². The molecule has 1 atom stereocenters. The average molecular weight is 299 g/mol. The molecule has 116 valence electrons. The topological polar surface area (TPSA) is 65.5 Å². The first-order valence-electron chi connectivity index (χ1n) is 7.72. The highest BCUT2D eigenvalue weighted by molar-refractivity contribution is 5.83. The summed E-state index contributed by atoms with van der Waals surface area (Å²) in [4.78, 5) is 18.4. The summed E-state index contributed by atoms with van der Waals surface area (Å²) in [7, 11) is 0. The minimum absolute atomic E-state index is 0.00464. The van der Waals surface area contributed by atoms with E-state index in [0.717, 1.165) is 35.9 Å². The van der Waals surface area contributed by atoms with Crippen LogP contribution >= 0.6 is 0 Å².